The molecule has 8 heteroatoms. The first-order valence-electron chi connectivity index (χ1n) is 8.82. The van der Waals surface area contributed by atoms with E-state index in [9.17, 15) is 5.11 Å². The van der Waals surface area contributed by atoms with E-state index in [0.29, 0.717) is 11.7 Å². The monoisotopic (exact) mass is 349 g/mol. The third kappa shape index (κ3) is 2.41. The Morgan fingerprint density at radius 1 is 1.19 bits per heavy atom. The quantitative estimate of drug-likeness (QED) is 0.585. The SMILES string of the molecule is CCc1cnc2ncc(-c3ccn4nc(NC5CC(O)C5)ncc34)cn12. The summed E-state index contributed by atoms with van der Waals surface area (Å²) in [5, 5.41) is 17.2. The van der Waals surface area contributed by atoms with Crippen LogP contribution in [0.3, 0.4) is 0 Å². The maximum Gasteiger partial charge on any atom is 0.241 e. The lowest BCUT2D eigenvalue weighted by Gasteiger charge is -2.31. The maximum atomic E-state index is 9.40. The molecule has 26 heavy (non-hydrogen) atoms. The van der Waals surface area contributed by atoms with Crippen LogP contribution >= 0.6 is 0 Å². The number of hydrogen-bond donors (Lipinski definition) is 2. The van der Waals surface area contributed by atoms with Gasteiger partial charge in [-0.2, -0.15) is 0 Å². The minimum absolute atomic E-state index is 0.201. The van der Waals surface area contributed by atoms with Crippen LogP contribution in [0.5, 0.6) is 0 Å². The van der Waals surface area contributed by atoms with Crippen LogP contribution in [0.25, 0.3) is 22.4 Å². The molecule has 4 heterocycles. The van der Waals surface area contributed by atoms with E-state index in [0.717, 1.165) is 41.6 Å². The molecule has 0 amide bonds. The van der Waals surface area contributed by atoms with E-state index >= 15 is 0 Å². The van der Waals surface area contributed by atoms with Gasteiger partial charge in [-0.05, 0) is 25.3 Å². The van der Waals surface area contributed by atoms with Crippen molar-refractivity contribution in [2.45, 2.75) is 38.3 Å². The number of imidazole rings is 1. The van der Waals surface area contributed by atoms with Crippen LogP contribution in [0.15, 0.2) is 37.1 Å². The summed E-state index contributed by atoms with van der Waals surface area (Å²) in [6, 6.07) is 2.27. The van der Waals surface area contributed by atoms with Gasteiger partial charge in [-0.1, -0.05) is 6.92 Å². The molecule has 0 bridgehead atoms. The highest BCUT2D eigenvalue weighted by Crippen LogP contribution is 2.26. The van der Waals surface area contributed by atoms with Crippen molar-refractivity contribution in [1.82, 2.24) is 29.0 Å². The topological polar surface area (TPSA) is 92.6 Å². The zero-order chi connectivity index (χ0) is 17.7. The first-order chi connectivity index (χ1) is 12.7. The minimum Gasteiger partial charge on any atom is -0.393 e. The molecule has 0 aromatic carbocycles. The zero-order valence-electron chi connectivity index (χ0n) is 14.4. The van der Waals surface area contributed by atoms with E-state index in [-0.39, 0.29) is 12.1 Å². The van der Waals surface area contributed by atoms with E-state index in [1.165, 1.54) is 0 Å². The molecule has 0 aliphatic heterocycles. The summed E-state index contributed by atoms with van der Waals surface area (Å²) in [4.78, 5) is 13.2. The van der Waals surface area contributed by atoms with Crippen molar-refractivity contribution in [3.63, 3.8) is 0 Å². The highest BCUT2D eigenvalue weighted by Gasteiger charge is 2.27. The number of aromatic nitrogens is 6. The molecule has 0 spiro atoms. The number of aliphatic hydroxyl groups is 1. The molecule has 132 valence electrons. The van der Waals surface area contributed by atoms with Crippen molar-refractivity contribution < 1.29 is 5.11 Å². The fourth-order valence-corrected chi connectivity index (χ4v) is 3.42. The van der Waals surface area contributed by atoms with Gasteiger partial charge in [-0.15, -0.1) is 5.10 Å². The number of anilines is 1. The van der Waals surface area contributed by atoms with Crippen LogP contribution in [-0.2, 0) is 6.42 Å². The lowest BCUT2D eigenvalue weighted by atomic mass is 9.90. The Morgan fingerprint density at radius 2 is 2.04 bits per heavy atom. The molecule has 5 rings (SSSR count). The largest absolute Gasteiger partial charge is 0.393 e. The number of nitrogens with zero attached hydrogens (tertiary/aromatic N) is 6. The predicted octanol–water partition coefficient (Wildman–Crippen LogP) is 1.94. The van der Waals surface area contributed by atoms with Gasteiger partial charge in [0.15, 0.2) is 0 Å². The first kappa shape index (κ1) is 15.3. The van der Waals surface area contributed by atoms with E-state index in [2.05, 4.69) is 38.5 Å². The van der Waals surface area contributed by atoms with Gasteiger partial charge in [0.1, 0.15) is 0 Å². The fraction of sp³-hybridized carbons (Fsp3) is 0.333. The van der Waals surface area contributed by atoms with E-state index in [1.54, 1.807) is 0 Å². The first-order valence-corrected chi connectivity index (χ1v) is 8.82. The smallest absolute Gasteiger partial charge is 0.241 e. The van der Waals surface area contributed by atoms with Gasteiger partial charge >= 0.3 is 0 Å². The van der Waals surface area contributed by atoms with Gasteiger partial charge in [-0.3, -0.25) is 4.40 Å². The molecule has 4 aromatic rings. The summed E-state index contributed by atoms with van der Waals surface area (Å²) in [6.07, 6.45) is 11.7. The second-order valence-electron chi connectivity index (χ2n) is 6.72. The number of fused-ring (bicyclic) bond motifs is 2. The fourth-order valence-electron chi connectivity index (χ4n) is 3.42. The van der Waals surface area contributed by atoms with Crippen molar-refractivity contribution in [1.29, 1.82) is 0 Å². The summed E-state index contributed by atoms with van der Waals surface area (Å²) in [5.41, 5.74) is 4.08. The molecule has 0 atom stereocenters. The van der Waals surface area contributed by atoms with Crippen LogP contribution in [0.1, 0.15) is 25.5 Å². The Balaban J connectivity index is 1.51. The summed E-state index contributed by atoms with van der Waals surface area (Å²) in [6.45, 7) is 2.10. The minimum atomic E-state index is -0.201. The highest BCUT2D eigenvalue weighted by molar-refractivity contribution is 5.79. The Morgan fingerprint density at radius 3 is 2.85 bits per heavy atom. The summed E-state index contributed by atoms with van der Waals surface area (Å²) < 4.78 is 3.84. The number of hydrogen-bond acceptors (Lipinski definition) is 6. The van der Waals surface area contributed by atoms with Crippen molar-refractivity contribution in [2.24, 2.45) is 0 Å². The molecule has 8 nitrogen and oxygen atoms in total. The molecule has 0 radical (unpaired) electrons. The third-order valence-corrected chi connectivity index (χ3v) is 4.98. The number of nitrogens with one attached hydrogen (secondary N) is 1. The maximum absolute atomic E-state index is 9.40. The second-order valence-corrected chi connectivity index (χ2v) is 6.72. The molecular weight excluding hydrogens is 330 g/mol. The normalized spacial score (nSPS) is 19.8. The van der Waals surface area contributed by atoms with Crippen LogP contribution in [-0.4, -0.2) is 46.2 Å². The van der Waals surface area contributed by atoms with Gasteiger partial charge in [0, 0.05) is 41.5 Å². The molecule has 1 saturated carbocycles. The Labute approximate surface area is 149 Å². The molecule has 2 N–H and O–H groups in total. The van der Waals surface area contributed by atoms with Crippen molar-refractivity contribution >= 4 is 17.2 Å². The van der Waals surface area contributed by atoms with E-state index in [1.807, 2.05) is 39.8 Å². The van der Waals surface area contributed by atoms with E-state index in [4.69, 9.17) is 0 Å². The Kier molecular flexibility index (Phi) is 3.39. The van der Waals surface area contributed by atoms with Crippen LogP contribution in [0.2, 0.25) is 0 Å². The van der Waals surface area contributed by atoms with Gasteiger partial charge in [-0.25, -0.2) is 19.5 Å². The van der Waals surface area contributed by atoms with Crippen LogP contribution < -0.4 is 5.32 Å². The van der Waals surface area contributed by atoms with Gasteiger partial charge in [0.25, 0.3) is 0 Å². The number of aliphatic hydroxyl groups excluding tert-OH is 1. The molecule has 1 aliphatic rings. The molecule has 0 saturated heterocycles. The number of aryl methyl sites for hydroxylation is 1. The van der Waals surface area contributed by atoms with Crippen LogP contribution in [0.4, 0.5) is 5.95 Å². The molecular formula is C18H19N7O. The van der Waals surface area contributed by atoms with Crippen LogP contribution in [0, 0.1) is 0 Å². The standard InChI is InChI=1S/C18H19N7O/c1-2-13-8-21-18-20-7-11(10-24(13)18)15-3-4-25-16(15)9-19-17(23-25)22-12-5-14(26)6-12/h3-4,7-10,12,14,26H,2,5-6H2,1H3,(H,22,23). The van der Waals surface area contributed by atoms with Gasteiger partial charge < -0.3 is 10.4 Å². The predicted molar refractivity (Wildman–Crippen MR) is 97.0 cm³/mol. The summed E-state index contributed by atoms with van der Waals surface area (Å²) >= 11 is 0. The second kappa shape index (κ2) is 5.77. The summed E-state index contributed by atoms with van der Waals surface area (Å²) in [5.74, 6) is 1.28. The Hall–Kier alpha value is -3.00. The average Bonchev–Trinajstić information content (AvgIpc) is 3.23. The van der Waals surface area contributed by atoms with Gasteiger partial charge in [0.05, 0.1) is 24.0 Å². The van der Waals surface area contributed by atoms with Crippen molar-refractivity contribution in [3.8, 4) is 11.1 Å². The molecule has 4 aromatic heterocycles. The highest BCUT2D eigenvalue weighted by atomic mass is 16.3. The van der Waals surface area contributed by atoms with Crippen molar-refractivity contribution in [3.05, 3.63) is 42.7 Å². The molecule has 1 fully saturated rings. The number of rotatable bonds is 4. The zero-order valence-corrected chi connectivity index (χ0v) is 14.4. The third-order valence-electron chi connectivity index (χ3n) is 4.98. The summed E-state index contributed by atoms with van der Waals surface area (Å²) in [7, 11) is 0. The average molecular weight is 349 g/mol. The van der Waals surface area contributed by atoms with E-state index < -0.39 is 0 Å². The molecule has 0 unspecified atom stereocenters. The Bertz CT molecular complexity index is 1090. The molecule has 1 aliphatic carbocycles. The van der Waals surface area contributed by atoms with Gasteiger partial charge in [0.2, 0.25) is 11.7 Å². The van der Waals surface area contributed by atoms with Crippen molar-refractivity contribution in [2.75, 3.05) is 5.32 Å². The lowest BCUT2D eigenvalue weighted by Crippen LogP contribution is -2.39. The lowest BCUT2D eigenvalue weighted by molar-refractivity contribution is 0.0833.